The van der Waals surface area contributed by atoms with Crippen LogP contribution >= 0.6 is 35.6 Å². The van der Waals surface area contributed by atoms with E-state index in [0.717, 1.165) is 39.0 Å². The fourth-order valence-corrected chi connectivity index (χ4v) is 3.36. The van der Waals surface area contributed by atoms with Crippen LogP contribution < -0.4 is 5.32 Å². The van der Waals surface area contributed by atoms with Crippen LogP contribution in [0.1, 0.15) is 30.7 Å². The average molecular weight is 323 g/mol. The molecule has 0 amide bonds. The number of rotatable bonds is 1. The van der Waals surface area contributed by atoms with Gasteiger partial charge in [-0.15, -0.1) is 12.4 Å². The van der Waals surface area contributed by atoms with Gasteiger partial charge in [0.05, 0.1) is 22.3 Å². The molecule has 2 saturated heterocycles. The third-order valence-corrected chi connectivity index (χ3v) is 4.88. The highest BCUT2D eigenvalue weighted by molar-refractivity contribution is 6.42. The molecular formula is C14H18Cl3NO. The Morgan fingerprint density at radius 1 is 1.16 bits per heavy atom. The topological polar surface area (TPSA) is 21.3 Å². The maximum absolute atomic E-state index is 6.10. The maximum atomic E-state index is 6.10. The Bertz CT molecular complexity index is 446. The Hall–Kier alpha value is 0.01000. The standard InChI is InChI=1S/C14H17Cl2NO.ClH/c15-12-2-1-10(7-13(12)16)11-8-14(18-9-11)3-5-17-6-4-14;/h1-2,7,11,17H,3-6,8-9H2;1H. The minimum absolute atomic E-state index is 0. The van der Waals surface area contributed by atoms with Crippen molar-refractivity contribution in [3.8, 4) is 0 Å². The van der Waals surface area contributed by atoms with E-state index in [1.807, 2.05) is 12.1 Å². The van der Waals surface area contributed by atoms with Gasteiger partial charge in [0.25, 0.3) is 0 Å². The first kappa shape index (κ1) is 15.4. The lowest BCUT2D eigenvalue weighted by Gasteiger charge is -2.33. The minimum Gasteiger partial charge on any atom is -0.374 e. The van der Waals surface area contributed by atoms with Crippen LogP contribution in [0, 0.1) is 0 Å². The van der Waals surface area contributed by atoms with Crippen molar-refractivity contribution in [2.45, 2.75) is 30.8 Å². The second kappa shape index (κ2) is 6.19. The molecule has 5 heteroatoms. The number of nitrogens with one attached hydrogen (secondary N) is 1. The van der Waals surface area contributed by atoms with Crippen LogP contribution in [-0.2, 0) is 4.74 Å². The van der Waals surface area contributed by atoms with Crippen LogP contribution in [0.3, 0.4) is 0 Å². The van der Waals surface area contributed by atoms with Crippen molar-refractivity contribution in [1.82, 2.24) is 5.32 Å². The van der Waals surface area contributed by atoms with Crippen LogP contribution in [0.2, 0.25) is 10.0 Å². The molecule has 19 heavy (non-hydrogen) atoms. The second-order valence-corrected chi connectivity index (χ2v) is 6.13. The largest absolute Gasteiger partial charge is 0.374 e. The van der Waals surface area contributed by atoms with E-state index in [4.69, 9.17) is 27.9 Å². The third-order valence-electron chi connectivity index (χ3n) is 4.14. The molecule has 106 valence electrons. The van der Waals surface area contributed by atoms with Crippen molar-refractivity contribution in [2.24, 2.45) is 0 Å². The average Bonchev–Trinajstić information content (AvgIpc) is 2.78. The fraction of sp³-hybridized carbons (Fsp3) is 0.571. The molecule has 0 bridgehead atoms. The number of piperidine rings is 1. The first-order valence-electron chi connectivity index (χ1n) is 6.48. The van der Waals surface area contributed by atoms with Gasteiger partial charge in [0, 0.05) is 5.92 Å². The molecule has 1 spiro atoms. The van der Waals surface area contributed by atoms with Gasteiger partial charge in [-0.05, 0) is 50.0 Å². The summed E-state index contributed by atoms with van der Waals surface area (Å²) >= 11 is 12.0. The van der Waals surface area contributed by atoms with E-state index >= 15 is 0 Å². The van der Waals surface area contributed by atoms with E-state index in [1.54, 1.807) is 0 Å². The van der Waals surface area contributed by atoms with E-state index in [9.17, 15) is 0 Å². The van der Waals surface area contributed by atoms with Gasteiger partial charge in [0.1, 0.15) is 0 Å². The molecule has 3 rings (SSSR count). The molecule has 0 aliphatic carbocycles. The molecular weight excluding hydrogens is 305 g/mol. The van der Waals surface area contributed by atoms with Crippen molar-refractivity contribution >= 4 is 35.6 Å². The summed E-state index contributed by atoms with van der Waals surface area (Å²) in [5.74, 6) is 0.456. The van der Waals surface area contributed by atoms with Crippen molar-refractivity contribution in [3.63, 3.8) is 0 Å². The summed E-state index contributed by atoms with van der Waals surface area (Å²) in [6.07, 6.45) is 3.34. The van der Waals surface area contributed by atoms with Crippen LogP contribution in [0.5, 0.6) is 0 Å². The molecule has 2 heterocycles. The van der Waals surface area contributed by atoms with Crippen LogP contribution in [0.15, 0.2) is 18.2 Å². The highest BCUT2D eigenvalue weighted by Crippen LogP contribution is 2.42. The van der Waals surface area contributed by atoms with Crippen molar-refractivity contribution < 1.29 is 4.74 Å². The zero-order valence-corrected chi connectivity index (χ0v) is 13.0. The summed E-state index contributed by atoms with van der Waals surface area (Å²) < 4.78 is 6.10. The molecule has 0 saturated carbocycles. The lowest BCUT2D eigenvalue weighted by Crippen LogP contribution is -2.41. The second-order valence-electron chi connectivity index (χ2n) is 5.32. The van der Waals surface area contributed by atoms with Gasteiger partial charge in [-0.2, -0.15) is 0 Å². The van der Waals surface area contributed by atoms with Gasteiger partial charge in [-0.1, -0.05) is 29.3 Å². The van der Waals surface area contributed by atoms with E-state index in [-0.39, 0.29) is 18.0 Å². The first-order valence-corrected chi connectivity index (χ1v) is 7.24. The lowest BCUT2D eigenvalue weighted by atomic mass is 9.84. The predicted molar refractivity (Wildman–Crippen MR) is 81.9 cm³/mol. The van der Waals surface area contributed by atoms with Gasteiger partial charge >= 0.3 is 0 Å². The SMILES string of the molecule is Cl.Clc1ccc(C2COC3(CCNCC3)C2)cc1Cl. The molecule has 2 aliphatic rings. The monoisotopic (exact) mass is 321 g/mol. The molecule has 1 aromatic carbocycles. The van der Waals surface area contributed by atoms with E-state index < -0.39 is 0 Å². The molecule has 1 atom stereocenters. The summed E-state index contributed by atoms with van der Waals surface area (Å²) in [6, 6.07) is 5.94. The van der Waals surface area contributed by atoms with Gasteiger partial charge in [-0.3, -0.25) is 0 Å². The van der Waals surface area contributed by atoms with Crippen LogP contribution in [-0.4, -0.2) is 25.3 Å². The highest BCUT2D eigenvalue weighted by atomic mass is 35.5. The smallest absolute Gasteiger partial charge is 0.0713 e. The lowest BCUT2D eigenvalue weighted by molar-refractivity contribution is -0.0193. The summed E-state index contributed by atoms with van der Waals surface area (Å²) in [7, 11) is 0. The minimum atomic E-state index is 0. The first-order chi connectivity index (χ1) is 8.69. The molecule has 1 unspecified atom stereocenters. The Kier molecular flexibility index (Phi) is 5.02. The van der Waals surface area contributed by atoms with E-state index in [2.05, 4.69) is 11.4 Å². The van der Waals surface area contributed by atoms with Gasteiger partial charge in [0.15, 0.2) is 0 Å². The molecule has 1 N–H and O–H groups in total. The van der Waals surface area contributed by atoms with Crippen molar-refractivity contribution in [3.05, 3.63) is 33.8 Å². The number of hydrogen-bond acceptors (Lipinski definition) is 2. The summed E-state index contributed by atoms with van der Waals surface area (Å²) in [5.41, 5.74) is 1.35. The predicted octanol–water partition coefficient (Wildman–Crippen LogP) is 4.04. The van der Waals surface area contributed by atoms with E-state index in [1.165, 1.54) is 5.56 Å². The molecule has 2 nitrogen and oxygen atoms in total. The van der Waals surface area contributed by atoms with Crippen molar-refractivity contribution in [1.29, 1.82) is 0 Å². The summed E-state index contributed by atoms with van der Waals surface area (Å²) in [5, 5.41) is 4.65. The van der Waals surface area contributed by atoms with Gasteiger partial charge in [-0.25, -0.2) is 0 Å². The number of halogens is 3. The highest BCUT2D eigenvalue weighted by Gasteiger charge is 2.41. The van der Waals surface area contributed by atoms with Crippen LogP contribution in [0.4, 0.5) is 0 Å². The number of hydrogen-bond donors (Lipinski definition) is 1. The quantitative estimate of drug-likeness (QED) is 0.842. The summed E-state index contributed by atoms with van der Waals surface area (Å²) in [4.78, 5) is 0. The molecule has 2 fully saturated rings. The van der Waals surface area contributed by atoms with Crippen molar-refractivity contribution in [2.75, 3.05) is 19.7 Å². The normalized spacial score (nSPS) is 25.3. The van der Waals surface area contributed by atoms with Gasteiger partial charge < -0.3 is 10.1 Å². The van der Waals surface area contributed by atoms with Crippen LogP contribution in [0.25, 0.3) is 0 Å². The molecule has 1 aromatic rings. The Balaban J connectivity index is 0.00000133. The fourth-order valence-electron chi connectivity index (χ4n) is 3.06. The zero-order chi connectivity index (χ0) is 12.6. The molecule has 0 aromatic heterocycles. The summed E-state index contributed by atoms with van der Waals surface area (Å²) in [6.45, 7) is 2.93. The third kappa shape index (κ3) is 3.20. The Morgan fingerprint density at radius 3 is 2.58 bits per heavy atom. The number of ether oxygens (including phenoxy) is 1. The maximum Gasteiger partial charge on any atom is 0.0713 e. The Morgan fingerprint density at radius 2 is 1.89 bits per heavy atom. The molecule has 2 aliphatic heterocycles. The Labute approximate surface area is 130 Å². The number of benzene rings is 1. The molecule has 0 radical (unpaired) electrons. The zero-order valence-electron chi connectivity index (χ0n) is 10.6. The van der Waals surface area contributed by atoms with Gasteiger partial charge in [0.2, 0.25) is 0 Å². The van der Waals surface area contributed by atoms with E-state index in [0.29, 0.717) is 16.0 Å².